The molecule has 1 heterocycles. The number of nitrogens with one attached hydrogen (secondary N) is 1. The highest BCUT2D eigenvalue weighted by atomic mass is 35.5. The van der Waals surface area contributed by atoms with E-state index >= 15 is 0 Å². The Labute approximate surface area is 133 Å². The summed E-state index contributed by atoms with van der Waals surface area (Å²) < 4.78 is 26.6. The lowest BCUT2D eigenvalue weighted by Gasteiger charge is -2.22. The molecule has 2 rings (SSSR count). The third kappa shape index (κ3) is 4.52. The van der Waals surface area contributed by atoms with E-state index in [2.05, 4.69) is 4.72 Å². The Bertz CT molecular complexity index is 697. The van der Waals surface area contributed by atoms with Gasteiger partial charge in [-0.15, -0.1) is 0 Å². The van der Waals surface area contributed by atoms with Crippen LogP contribution in [-0.4, -0.2) is 20.1 Å². The summed E-state index contributed by atoms with van der Waals surface area (Å²) in [5.74, 6) is -0.216. The highest BCUT2D eigenvalue weighted by Crippen LogP contribution is 2.23. The summed E-state index contributed by atoms with van der Waals surface area (Å²) >= 11 is 7.41. The van der Waals surface area contributed by atoms with Crippen molar-refractivity contribution in [3.63, 3.8) is 0 Å². The lowest BCUT2D eigenvalue weighted by Crippen LogP contribution is -2.38. The maximum atomic E-state index is 12.1. The average molecular weight is 346 g/mol. The molecule has 0 amide bonds. The first-order valence-electron chi connectivity index (χ1n) is 6.26. The molecular formula is C14H16ClNO3S2. The van der Waals surface area contributed by atoms with Crippen molar-refractivity contribution in [3.8, 4) is 0 Å². The number of benzene rings is 1. The van der Waals surface area contributed by atoms with Gasteiger partial charge < -0.3 is 5.11 Å². The number of halogens is 1. The first-order valence-corrected chi connectivity index (χ1v) is 9.23. The van der Waals surface area contributed by atoms with Crippen molar-refractivity contribution < 1.29 is 13.5 Å². The van der Waals surface area contributed by atoms with E-state index in [1.165, 1.54) is 11.3 Å². The standard InChI is InChI=1S/C14H16ClNO3S2/c1-14(17,12-6-7-20-8-12)10-16-21(18,19)9-11-4-2-3-5-13(11)15/h2-8,16-17H,9-10H2,1H3/t14-/m0/s1. The molecule has 0 bridgehead atoms. The van der Waals surface area contributed by atoms with Crippen LogP contribution in [0.25, 0.3) is 0 Å². The SMILES string of the molecule is C[C@](O)(CNS(=O)(=O)Cc1ccccc1Cl)c1ccsc1. The molecule has 7 heteroatoms. The summed E-state index contributed by atoms with van der Waals surface area (Å²) in [6.07, 6.45) is 0. The molecule has 1 atom stereocenters. The van der Waals surface area contributed by atoms with Crippen molar-refractivity contribution in [1.29, 1.82) is 0 Å². The molecular weight excluding hydrogens is 330 g/mol. The third-order valence-corrected chi connectivity index (χ3v) is 5.41. The van der Waals surface area contributed by atoms with E-state index in [4.69, 9.17) is 11.6 Å². The second-order valence-corrected chi connectivity index (χ2v) is 7.95. The Morgan fingerprint density at radius 2 is 2.05 bits per heavy atom. The molecule has 0 aliphatic heterocycles. The molecule has 0 unspecified atom stereocenters. The summed E-state index contributed by atoms with van der Waals surface area (Å²) in [6, 6.07) is 8.56. The zero-order valence-electron chi connectivity index (χ0n) is 11.4. The second kappa shape index (κ2) is 6.46. The van der Waals surface area contributed by atoms with Gasteiger partial charge in [0.15, 0.2) is 0 Å². The van der Waals surface area contributed by atoms with Gasteiger partial charge in [-0.2, -0.15) is 11.3 Å². The molecule has 2 aromatic rings. The maximum Gasteiger partial charge on any atom is 0.215 e. The molecule has 0 fully saturated rings. The van der Waals surface area contributed by atoms with E-state index in [1.807, 2.05) is 5.38 Å². The fourth-order valence-electron chi connectivity index (χ4n) is 1.79. The van der Waals surface area contributed by atoms with Gasteiger partial charge in [-0.05, 0) is 40.9 Å². The highest BCUT2D eigenvalue weighted by Gasteiger charge is 2.26. The number of thiophene rings is 1. The largest absolute Gasteiger partial charge is 0.384 e. The lowest BCUT2D eigenvalue weighted by atomic mass is 10.0. The molecule has 0 saturated carbocycles. The fraction of sp³-hybridized carbons (Fsp3) is 0.286. The van der Waals surface area contributed by atoms with Crippen molar-refractivity contribution in [2.75, 3.05) is 6.54 Å². The predicted molar refractivity (Wildman–Crippen MR) is 86.0 cm³/mol. The van der Waals surface area contributed by atoms with Crippen molar-refractivity contribution in [2.45, 2.75) is 18.3 Å². The Morgan fingerprint density at radius 3 is 2.67 bits per heavy atom. The van der Waals surface area contributed by atoms with E-state index in [-0.39, 0.29) is 12.3 Å². The van der Waals surface area contributed by atoms with Crippen LogP contribution in [0.15, 0.2) is 41.1 Å². The van der Waals surface area contributed by atoms with Gasteiger partial charge in [0.1, 0.15) is 5.60 Å². The molecule has 0 saturated heterocycles. The van der Waals surface area contributed by atoms with Gasteiger partial charge in [-0.25, -0.2) is 13.1 Å². The second-order valence-electron chi connectivity index (χ2n) is 4.96. The normalized spacial score (nSPS) is 14.8. The molecule has 2 N–H and O–H groups in total. The minimum Gasteiger partial charge on any atom is -0.384 e. The number of aliphatic hydroxyl groups is 1. The van der Waals surface area contributed by atoms with Crippen LogP contribution >= 0.6 is 22.9 Å². The zero-order chi connectivity index (χ0) is 15.5. The molecule has 0 aliphatic carbocycles. The smallest absolute Gasteiger partial charge is 0.215 e. The van der Waals surface area contributed by atoms with Gasteiger partial charge in [0, 0.05) is 11.6 Å². The average Bonchev–Trinajstić information content (AvgIpc) is 2.94. The quantitative estimate of drug-likeness (QED) is 0.846. The molecule has 114 valence electrons. The van der Waals surface area contributed by atoms with E-state index in [0.717, 1.165) is 0 Å². The first kappa shape index (κ1) is 16.5. The van der Waals surface area contributed by atoms with Crippen LogP contribution < -0.4 is 4.72 Å². The van der Waals surface area contributed by atoms with Crippen LogP contribution in [0.1, 0.15) is 18.1 Å². The molecule has 1 aromatic carbocycles. The minimum absolute atomic E-state index is 0.0868. The third-order valence-electron chi connectivity index (χ3n) is 3.08. The van der Waals surface area contributed by atoms with E-state index in [9.17, 15) is 13.5 Å². The van der Waals surface area contributed by atoms with E-state index in [1.54, 1.807) is 42.6 Å². The van der Waals surface area contributed by atoms with Crippen LogP contribution in [0.4, 0.5) is 0 Å². The van der Waals surface area contributed by atoms with Crippen LogP contribution in [0.2, 0.25) is 5.02 Å². The summed E-state index contributed by atoms with van der Waals surface area (Å²) in [5, 5.41) is 14.4. The summed E-state index contributed by atoms with van der Waals surface area (Å²) in [5.41, 5.74) is -0.0251. The molecule has 0 spiro atoms. The molecule has 21 heavy (non-hydrogen) atoms. The molecule has 0 radical (unpaired) electrons. The van der Waals surface area contributed by atoms with Gasteiger partial charge in [0.25, 0.3) is 0 Å². The van der Waals surface area contributed by atoms with Gasteiger partial charge in [0.05, 0.1) is 5.75 Å². The number of hydrogen-bond acceptors (Lipinski definition) is 4. The predicted octanol–water partition coefficient (Wildman–Crippen LogP) is 2.73. The monoisotopic (exact) mass is 345 g/mol. The number of rotatable bonds is 6. The van der Waals surface area contributed by atoms with Gasteiger partial charge in [0.2, 0.25) is 10.0 Å². The summed E-state index contributed by atoms with van der Waals surface area (Å²) in [7, 11) is -3.57. The maximum absolute atomic E-state index is 12.1. The van der Waals surface area contributed by atoms with Crippen LogP contribution in [0.3, 0.4) is 0 Å². The Morgan fingerprint density at radius 1 is 1.33 bits per heavy atom. The topological polar surface area (TPSA) is 66.4 Å². The van der Waals surface area contributed by atoms with Gasteiger partial charge in [-0.1, -0.05) is 29.8 Å². The van der Waals surface area contributed by atoms with Crippen molar-refractivity contribution in [3.05, 3.63) is 57.2 Å². The summed E-state index contributed by atoms with van der Waals surface area (Å²) in [6.45, 7) is 1.49. The number of sulfonamides is 1. The minimum atomic E-state index is -3.57. The Kier molecular flexibility index (Phi) is 5.06. The summed E-state index contributed by atoms with van der Waals surface area (Å²) in [4.78, 5) is 0. The molecule has 4 nitrogen and oxygen atoms in total. The van der Waals surface area contributed by atoms with Gasteiger partial charge >= 0.3 is 0 Å². The van der Waals surface area contributed by atoms with Crippen LogP contribution in [0, 0.1) is 0 Å². The van der Waals surface area contributed by atoms with Crippen molar-refractivity contribution in [2.24, 2.45) is 0 Å². The zero-order valence-corrected chi connectivity index (χ0v) is 13.8. The van der Waals surface area contributed by atoms with E-state index < -0.39 is 15.6 Å². The van der Waals surface area contributed by atoms with Crippen LogP contribution in [0.5, 0.6) is 0 Å². The van der Waals surface area contributed by atoms with Crippen molar-refractivity contribution in [1.82, 2.24) is 4.72 Å². The first-order chi connectivity index (χ1) is 9.80. The number of hydrogen-bond donors (Lipinski definition) is 2. The highest BCUT2D eigenvalue weighted by molar-refractivity contribution is 7.88. The molecule has 1 aromatic heterocycles. The molecule has 0 aliphatic rings. The Balaban J connectivity index is 2.04. The lowest BCUT2D eigenvalue weighted by molar-refractivity contribution is 0.0632. The van der Waals surface area contributed by atoms with Crippen molar-refractivity contribution >= 4 is 33.0 Å². The Hall–Kier alpha value is -0.920. The van der Waals surface area contributed by atoms with Crippen LogP contribution in [-0.2, 0) is 21.4 Å². The van der Waals surface area contributed by atoms with E-state index in [0.29, 0.717) is 16.1 Å². The van der Waals surface area contributed by atoms with Gasteiger partial charge in [-0.3, -0.25) is 0 Å². The fourth-order valence-corrected chi connectivity index (χ4v) is 4.12.